The Morgan fingerprint density at radius 2 is 0.780 bits per heavy atom. The van der Waals surface area contributed by atoms with Gasteiger partial charge in [-0.3, -0.25) is 0 Å². The van der Waals surface area contributed by atoms with Crippen LogP contribution in [-0.4, -0.2) is 19.5 Å². The van der Waals surface area contributed by atoms with Gasteiger partial charge in [-0.05, 0) is 96.7 Å². The van der Waals surface area contributed by atoms with Gasteiger partial charge in [0.25, 0.3) is 0 Å². The van der Waals surface area contributed by atoms with Crippen LogP contribution in [0.25, 0.3) is 116 Å². The Morgan fingerprint density at radius 3 is 1.51 bits per heavy atom. The van der Waals surface area contributed by atoms with E-state index in [2.05, 4.69) is 193 Å². The van der Waals surface area contributed by atoms with Gasteiger partial charge < -0.3 is 4.57 Å². The van der Waals surface area contributed by atoms with Crippen molar-refractivity contribution >= 4 is 64.9 Å². The molecule has 2 heterocycles. The Kier molecular flexibility index (Phi) is 7.50. The van der Waals surface area contributed by atoms with Gasteiger partial charge >= 0.3 is 0 Å². The highest BCUT2D eigenvalue weighted by atomic mass is 15.0. The minimum atomic E-state index is 0.624. The number of nitrogens with zero attached hydrogens (tertiary/aromatic N) is 4. The summed E-state index contributed by atoms with van der Waals surface area (Å²) in [4.78, 5) is 15.8. The van der Waals surface area contributed by atoms with Gasteiger partial charge in [0.2, 0.25) is 0 Å². The van der Waals surface area contributed by atoms with Crippen LogP contribution < -0.4 is 0 Å². The third-order valence-electron chi connectivity index (χ3n) is 11.8. The normalized spacial score (nSPS) is 11.7. The molecule has 0 unspecified atom stereocenters. The lowest BCUT2D eigenvalue weighted by molar-refractivity contribution is 1.08. The molecule has 12 aromatic rings. The number of para-hydroxylation sites is 2. The molecule has 274 valence electrons. The Labute approximate surface area is 340 Å². The Hall–Kier alpha value is -7.95. The maximum absolute atomic E-state index is 5.34. The Bertz CT molecular complexity index is 3570. The first-order chi connectivity index (χ1) is 29.2. The standard InChI is InChI=1S/C55H34N4/c1-3-15-35(16-4-1)53-56-54(38-28-30-48-47-25-13-14-26-51(47)59(52(48)34-38)40-18-5-2-6-19-40)58-55(57-53)50-33-39(31-37-17-7-8-20-41(37)50)36-27-29-46-44-23-10-9-21-42(44)43-22-11-12-24-45(43)49(46)32-36/h1-34H. The van der Waals surface area contributed by atoms with Gasteiger partial charge in [-0.25, -0.2) is 15.0 Å². The molecule has 12 rings (SSSR count). The van der Waals surface area contributed by atoms with Crippen LogP contribution in [0.4, 0.5) is 0 Å². The smallest absolute Gasteiger partial charge is 0.164 e. The second-order valence-electron chi connectivity index (χ2n) is 15.2. The minimum absolute atomic E-state index is 0.624. The van der Waals surface area contributed by atoms with Crippen molar-refractivity contribution < 1.29 is 0 Å². The first kappa shape index (κ1) is 33.2. The van der Waals surface area contributed by atoms with Gasteiger partial charge in [0.15, 0.2) is 17.5 Å². The summed E-state index contributed by atoms with van der Waals surface area (Å²) < 4.78 is 2.33. The van der Waals surface area contributed by atoms with Gasteiger partial charge in [0, 0.05) is 33.2 Å². The molecule has 0 N–H and O–H groups in total. The van der Waals surface area contributed by atoms with Crippen molar-refractivity contribution in [1.29, 1.82) is 0 Å². The average molecular weight is 751 g/mol. The summed E-state index contributed by atoms with van der Waals surface area (Å²) in [5.74, 6) is 1.89. The topological polar surface area (TPSA) is 43.6 Å². The minimum Gasteiger partial charge on any atom is -0.309 e. The predicted molar refractivity (Wildman–Crippen MR) is 246 cm³/mol. The zero-order valence-corrected chi connectivity index (χ0v) is 31.9. The molecule has 0 amide bonds. The molecular formula is C55H34N4. The van der Waals surface area contributed by atoms with Gasteiger partial charge in [-0.1, -0.05) is 164 Å². The summed E-state index contributed by atoms with van der Waals surface area (Å²) >= 11 is 0. The highest BCUT2D eigenvalue weighted by molar-refractivity contribution is 6.25. The largest absolute Gasteiger partial charge is 0.309 e. The predicted octanol–water partition coefficient (Wildman–Crippen LogP) is 14.2. The summed E-state index contributed by atoms with van der Waals surface area (Å²) in [7, 11) is 0. The quantitative estimate of drug-likeness (QED) is 0.165. The number of rotatable bonds is 5. The van der Waals surface area contributed by atoms with Crippen LogP contribution in [0, 0.1) is 0 Å². The van der Waals surface area contributed by atoms with Crippen molar-refractivity contribution in [3.63, 3.8) is 0 Å². The molecule has 0 spiro atoms. The molecule has 10 aromatic carbocycles. The maximum atomic E-state index is 5.34. The fourth-order valence-electron chi connectivity index (χ4n) is 9.06. The summed E-state index contributed by atoms with van der Waals surface area (Å²) in [5.41, 5.74) is 8.43. The fourth-order valence-corrected chi connectivity index (χ4v) is 9.06. The van der Waals surface area contributed by atoms with Crippen LogP contribution in [-0.2, 0) is 0 Å². The fraction of sp³-hybridized carbons (Fsp3) is 0. The second-order valence-corrected chi connectivity index (χ2v) is 15.2. The molecule has 4 heteroatoms. The van der Waals surface area contributed by atoms with Crippen LogP contribution >= 0.6 is 0 Å². The number of fused-ring (bicyclic) bond motifs is 10. The molecule has 0 atom stereocenters. The van der Waals surface area contributed by atoms with E-state index in [1.165, 1.54) is 43.1 Å². The lowest BCUT2D eigenvalue weighted by Gasteiger charge is -2.14. The molecule has 0 aliphatic heterocycles. The first-order valence-electron chi connectivity index (χ1n) is 20.0. The summed E-state index contributed by atoms with van der Waals surface area (Å²) in [5, 5.41) is 12.1. The average Bonchev–Trinajstić information content (AvgIpc) is 3.65. The highest BCUT2D eigenvalue weighted by Gasteiger charge is 2.19. The second kappa shape index (κ2) is 13.3. The van der Waals surface area contributed by atoms with Gasteiger partial charge in [-0.2, -0.15) is 0 Å². The van der Waals surface area contributed by atoms with Gasteiger partial charge in [0.1, 0.15) is 0 Å². The first-order valence-corrected chi connectivity index (χ1v) is 20.0. The molecule has 59 heavy (non-hydrogen) atoms. The number of hydrogen-bond donors (Lipinski definition) is 0. The van der Waals surface area contributed by atoms with E-state index in [0.717, 1.165) is 55.3 Å². The van der Waals surface area contributed by atoms with Crippen LogP contribution in [0.5, 0.6) is 0 Å². The molecule has 0 aliphatic carbocycles. The van der Waals surface area contributed by atoms with E-state index in [-0.39, 0.29) is 0 Å². The lowest BCUT2D eigenvalue weighted by Crippen LogP contribution is -2.01. The van der Waals surface area contributed by atoms with Crippen molar-refractivity contribution in [2.24, 2.45) is 0 Å². The van der Waals surface area contributed by atoms with Crippen molar-refractivity contribution in [3.05, 3.63) is 206 Å². The molecule has 0 bridgehead atoms. The monoisotopic (exact) mass is 750 g/mol. The highest BCUT2D eigenvalue weighted by Crippen LogP contribution is 2.40. The van der Waals surface area contributed by atoms with Crippen molar-refractivity contribution in [2.45, 2.75) is 0 Å². The lowest BCUT2D eigenvalue weighted by atomic mass is 9.91. The van der Waals surface area contributed by atoms with E-state index in [9.17, 15) is 0 Å². The molecule has 0 saturated carbocycles. The van der Waals surface area contributed by atoms with Crippen molar-refractivity contribution in [3.8, 4) is 51.0 Å². The van der Waals surface area contributed by atoms with E-state index in [1.807, 2.05) is 18.2 Å². The number of benzene rings is 10. The van der Waals surface area contributed by atoms with Crippen LogP contribution in [0.1, 0.15) is 0 Å². The molecule has 0 radical (unpaired) electrons. The van der Waals surface area contributed by atoms with E-state index in [0.29, 0.717) is 17.5 Å². The zero-order valence-electron chi connectivity index (χ0n) is 31.9. The summed E-state index contributed by atoms with van der Waals surface area (Å²) in [6.07, 6.45) is 0. The third kappa shape index (κ3) is 5.42. The molecule has 0 aliphatic rings. The van der Waals surface area contributed by atoms with E-state index in [4.69, 9.17) is 15.0 Å². The van der Waals surface area contributed by atoms with E-state index >= 15 is 0 Å². The molecule has 0 fully saturated rings. The Balaban J connectivity index is 1.09. The van der Waals surface area contributed by atoms with Crippen LogP contribution in [0.3, 0.4) is 0 Å². The number of aromatic nitrogens is 4. The molecule has 2 aromatic heterocycles. The molecule has 4 nitrogen and oxygen atoms in total. The SMILES string of the molecule is c1ccc(-c2nc(-c3ccc4c5ccccc5n(-c5ccccc5)c4c3)nc(-c3cc(-c4ccc5c6ccccc6c6ccccc6c5c4)cc4ccccc34)n2)cc1. The third-order valence-corrected chi connectivity index (χ3v) is 11.8. The van der Waals surface area contributed by atoms with E-state index in [1.54, 1.807) is 0 Å². The number of hydrogen-bond acceptors (Lipinski definition) is 3. The maximum Gasteiger partial charge on any atom is 0.164 e. The summed E-state index contributed by atoms with van der Waals surface area (Å²) in [6.45, 7) is 0. The van der Waals surface area contributed by atoms with Gasteiger partial charge in [0.05, 0.1) is 11.0 Å². The summed E-state index contributed by atoms with van der Waals surface area (Å²) in [6, 6.07) is 73.4. The van der Waals surface area contributed by atoms with E-state index < -0.39 is 0 Å². The van der Waals surface area contributed by atoms with Crippen LogP contribution in [0.2, 0.25) is 0 Å². The van der Waals surface area contributed by atoms with Gasteiger partial charge in [-0.15, -0.1) is 0 Å². The molecule has 0 saturated heterocycles. The van der Waals surface area contributed by atoms with Crippen molar-refractivity contribution in [1.82, 2.24) is 19.5 Å². The molecular weight excluding hydrogens is 717 g/mol. The van der Waals surface area contributed by atoms with Crippen molar-refractivity contribution in [2.75, 3.05) is 0 Å². The Morgan fingerprint density at radius 1 is 0.271 bits per heavy atom. The van der Waals surface area contributed by atoms with Crippen LogP contribution in [0.15, 0.2) is 206 Å². The zero-order chi connectivity index (χ0) is 38.9.